The Morgan fingerprint density at radius 2 is 1.93 bits per heavy atom. The number of para-hydroxylation sites is 1. The number of ether oxygens (including phenoxy) is 2. The Morgan fingerprint density at radius 1 is 1.24 bits per heavy atom. The molecule has 8 nitrogen and oxygen atoms in total. The number of carbonyl (C=O) groups excluding carboxylic acids is 2. The number of nitrogens with zero attached hydrogens (tertiary/aromatic N) is 1. The first-order chi connectivity index (χ1) is 13.8. The molecule has 2 amide bonds. The summed E-state index contributed by atoms with van der Waals surface area (Å²) in [7, 11) is 1.37. The molecular weight excluding hydrogens is 400 g/mol. The van der Waals surface area contributed by atoms with E-state index in [4.69, 9.17) is 26.2 Å². The molecule has 150 valence electrons. The summed E-state index contributed by atoms with van der Waals surface area (Å²) in [4.78, 5) is 36.4. The summed E-state index contributed by atoms with van der Waals surface area (Å²) in [5.74, 6) is -2.15. The Bertz CT molecular complexity index is 1010. The van der Waals surface area contributed by atoms with Crippen LogP contribution in [0.25, 0.3) is 6.08 Å². The maximum atomic E-state index is 12.8. The second kappa shape index (κ2) is 8.24. The molecule has 0 radical (unpaired) electrons. The molecule has 9 heteroatoms. The van der Waals surface area contributed by atoms with Crippen LogP contribution in [-0.2, 0) is 14.4 Å². The molecule has 1 heterocycles. The summed E-state index contributed by atoms with van der Waals surface area (Å²) in [6.45, 7) is 1.35. The fourth-order valence-electron chi connectivity index (χ4n) is 2.67. The van der Waals surface area contributed by atoms with E-state index < -0.39 is 23.9 Å². The molecule has 1 fully saturated rings. The van der Waals surface area contributed by atoms with Gasteiger partial charge in [0.25, 0.3) is 11.8 Å². The summed E-state index contributed by atoms with van der Waals surface area (Å²) in [6, 6.07) is 11.5. The van der Waals surface area contributed by atoms with Gasteiger partial charge in [-0.2, -0.15) is 0 Å². The lowest BCUT2D eigenvalue weighted by Crippen LogP contribution is -2.35. The summed E-state index contributed by atoms with van der Waals surface area (Å²) < 4.78 is 10.7. The zero-order valence-corrected chi connectivity index (χ0v) is 16.3. The number of benzene rings is 2. The number of hydrogen-bond donors (Lipinski definition) is 2. The minimum absolute atomic E-state index is 0.0538. The van der Waals surface area contributed by atoms with Crippen LogP contribution in [0.2, 0.25) is 5.02 Å². The van der Waals surface area contributed by atoms with Gasteiger partial charge in [0, 0.05) is 16.7 Å². The summed E-state index contributed by atoms with van der Waals surface area (Å²) >= 11 is 6.11. The van der Waals surface area contributed by atoms with Crippen LogP contribution in [0.15, 0.2) is 48.0 Å². The zero-order valence-electron chi connectivity index (χ0n) is 15.5. The maximum Gasteiger partial charge on any atom is 0.344 e. The highest BCUT2D eigenvalue weighted by Crippen LogP contribution is 2.37. The monoisotopic (exact) mass is 416 g/mol. The zero-order chi connectivity index (χ0) is 21.1. The van der Waals surface area contributed by atoms with E-state index >= 15 is 0 Å². The number of hydrazine groups is 1. The van der Waals surface area contributed by atoms with Crippen molar-refractivity contribution in [3.8, 4) is 11.5 Å². The Balaban J connectivity index is 2.05. The van der Waals surface area contributed by atoms with Gasteiger partial charge in [0.15, 0.2) is 17.6 Å². The lowest BCUT2D eigenvalue weighted by Gasteiger charge is -2.17. The fraction of sp³-hybridized carbons (Fsp3) is 0.150. The second-order valence-corrected chi connectivity index (χ2v) is 6.54. The largest absolute Gasteiger partial charge is 0.493 e. The Morgan fingerprint density at radius 3 is 2.55 bits per heavy atom. The standard InChI is InChI=1S/C20H17ClN2O6/c1-11(20(26)27)29-17-12(8-13(21)10-16(17)28-2)9-15-18(24)22-23(19(15)25)14-6-4-3-5-7-14/h3-11H,1-2H3,(H,22,24)(H,26,27)/b15-9-/t11-/m0/s1. The number of rotatable bonds is 6. The van der Waals surface area contributed by atoms with Crippen LogP contribution in [0.1, 0.15) is 12.5 Å². The van der Waals surface area contributed by atoms with Crippen molar-refractivity contribution in [2.24, 2.45) is 0 Å². The van der Waals surface area contributed by atoms with Gasteiger partial charge in [-0.05, 0) is 31.2 Å². The highest BCUT2D eigenvalue weighted by atomic mass is 35.5. The average molecular weight is 417 g/mol. The van der Waals surface area contributed by atoms with Gasteiger partial charge in [0.1, 0.15) is 5.57 Å². The Kier molecular flexibility index (Phi) is 5.74. The van der Waals surface area contributed by atoms with E-state index in [0.29, 0.717) is 5.69 Å². The molecule has 0 aliphatic carbocycles. The fourth-order valence-corrected chi connectivity index (χ4v) is 2.89. The van der Waals surface area contributed by atoms with Crippen molar-refractivity contribution in [3.63, 3.8) is 0 Å². The van der Waals surface area contributed by atoms with E-state index in [2.05, 4.69) is 5.43 Å². The summed E-state index contributed by atoms with van der Waals surface area (Å²) in [6.07, 6.45) is 0.0926. The number of aliphatic carboxylic acids is 1. The quantitative estimate of drug-likeness (QED) is 0.554. The van der Waals surface area contributed by atoms with E-state index in [-0.39, 0.29) is 27.7 Å². The molecule has 0 aromatic heterocycles. The molecule has 0 unspecified atom stereocenters. The minimum Gasteiger partial charge on any atom is -0.493 e. The highest BCUT2D eigenvalue weighted by molar-refractivity contribution is 6.32. The lowest BCUT2D eigenvalue weighted by atomic mass is 10.1. The molecule has 1 aliphatic heterocycles. The van der Waals surface area contributed by atoms with E-state index in [1.807, 2.05) is 0 Å². The first kappa shape index (κ1) is 20.2. The van der Waals surface area contributed by atoms with Gasteiger partial charge >= 0.3 is 5.97 Å². The van der Waals surface area contributed by atoms with Gasteiger partial charge in [-0.3, -0.25) is 15.0 Å². The smallest absolute Gasteiger partial charge is 0.344 e. The minimum atomic E-state index is -1.20. The number of methoxy groups -OCH3 is 1. The van der Waals surface area contributed by atoms with E-state index in [9.17, 15) is 14.4 Å². The molecule has 29 heavy (non-hydrogen) atoms. The topological polar surface area (TPSA) is 105 Å². The molecule has 1 atom stereocenters. The number of carboxylic acids is 1. The third-order valence-electron chi connectivity index (χ3n) is 4.12. The average Bonchev–Trinajstić information content (AvgIpc) is 2.98. The van der Waals surface area contributed by atoms with Crippen LogP contribution < -0.4 is 19.9 Å². The maximum absolute atomic E-state index is 12.8. The summed E-state index contributed by atoms with van der Waals surface area (Å²) in [5, 5.41) is 10.5. The number of hydrogen-bond acceptors (Lipinski definition) is 5. The van der Waals surface area contributed by atoms with Gasteiger partial charge in [-0.25, -0.2) is 9.80 Å². The van der Waals surface area contributed by atoms with Crippen molar-refractivity contribution >= 4 is 41.1 Å². The van der Waals surface area contributed by atoms with Gasteiger partial charge in [0.05, 0.1) is 12.8 Å². The van der Waals surface area contributed by atoms with Crippen molar-refractivity contribution in [1.29, 1.82) is 0 Å². The predicted molar refractivity (Wildman–Crippen MR) is 106 cm³/mol. The molecule has 0 spiro atoms. The molecule has 2 aromatic rings. The molecule has 2 aromatic carbocycles. The number of carbonyl (C=O) groups is 3. The van der Waals surface area contributed by atoms with Crippen LogP contribution in [-0.4, -0.2) is 36.1 Å². The molecule has 2 N–H and O–H groups in total. The second-order valence-electron chi connectivity index (χ2n) is 6.10. The molecule has 1 aliphatic rings. The molecule has 0 saturated carbocycles. The van der Waals surface area contributed by atoms with Gasteiger partial charge < -0.3 is 14.6 Å². The van der Waals surface area contributed by atoms with Crippen LogP contribution >= 0.6 is 11.6 Å². The Labute approximate surface area is 171 Å². The van der Waals surface area contributed by atoms with Crippen LogP contribution in [0, 0.1) is 0 Å². The van der Waals surface area contributed by atoms with Crippen molar-refractivity contribution in [2.75, 3.05) is 12.1 Å². The number of carboxylic acid groups (broad SMARTS) is 1. The first-order valence-electron chi connectivity index (χ1n) is 8.51. The van der Waals surface area contributed by atoms with E-state index in [0.717, 1.165) is 5.01 Å². The van der Waals surface area contributed by atoms with Crippen molar-refractivity contribution in [1.82, 2.24) is 5.43 Å². The van der Waals surface area contributed by atoms with Crippen molar-refractivity contribution in [2.45, 2.75) is 13.0 Å². The SMILES string of the molecule is COc1cc(Cl)cc(/C=C2/C(=O)NN(c3ccccc3)C2=O)c1O[C@@H](C)C(=O)O. The Hall–Kier alpha value is -3.52. The third kappa shape index (κ3) is 4.17. The molecule has 0 bridgehead atoms. The van der Waals surface area contributed by atoms with Crippen LogP contribution in [0.4, 0.5) is 5.69 Å². The molecular formula is C20H17ClN2O6. The van der Waals surface area contributed by atoms with Gasteiger partial charge in [0.2, 0.25) is 0 Å². The van der Waals surface area contributed by atoms with Crippen LogP contribution in [0.3, 0.4) is 0 Å². The number of halogens is 1. The normalized spacial score (nSPS) is 16.0. The molecule has 3 rings (SSSR count). The van der Waals surface area contributed by atoms with Crippen LogP contribution in [0.5, 0.6) is 11.5 Å². The van der Waals surface area contributed by atoms with E-state index in [1.165, 1.54) is 32.2 Å². The van der Waals surface area contributed by atoms with E-state index in [1.54, 1.807) is 30.3 Å². The van der Waals surface area contributed by atoms with Gasteiger partial charge in [-0.1, -0.05) is 29.8 Å². The third-order valence-corrected chi connectivity index (χ3v) is 4.33. The van der Waals surface area contributed by atoms with Gasteiger partial charge in [-0.15, -0.1) is 0 Å². The van der Waals surface area contributed by atoms with Crippen molar-refractivity contribution < 1.29 is 29.0 Å². The lowest BCUT2D eigenvalue weighted by molar-refractivity contribution is -0.144. The number of nitrogens with one attached hydrogen (secondary N) is 1. The number of amides is 2. The van der Waals surface area contributed by atoms with Crippen molar-refractivity contribution in [3.05, 3.63) is 58.6 Å². The predicted octanol–water partition coefficient (Wildman–Crippen LogP) is 2.66. The number of anilines is 1. The highest BCUT2D eigenvalue weighted by Gasteiger charge is 2.35. The summed E-state index contributed by atoms with van der Waals surface area (Å²) in [5.41, 5.74) is 3.05. The first-order valence-corrected chi connectivity index (χ1v) is 8.88. The molecule has 1 saturated heterocycles.